The summed E-state index contributed by atoms with van der Waals surface area (Å²) in [5.74, 6) is 0.994. The molecule has 0 radical (unpaired) electrons. The number of hydrogen-bond donors (Lipinski definition) is 1. The number of piperidine rings is 1. The van der Waals surface area contributed by atoms with Crippen molar-refractivity contribution in [3.05, 3.63) is 17.8 Å². The van der Waals surface area contributed by atoms with Crippen LogP contribution < -0.4 is 10.2 Å². The van der Waals surface area contributed by atoms with Crippen LogP contribution in [0.1, 0.15) is 32.4 Å². The van der Waals surface area contributed by atoms with Crippen LogP contribution in [0.2, 0.25) is 0 Å². The lowest BCUT2D eigenvalue weighted by Crippen LogP contribution is -2.41. The van der Waals surface area contributed by atoms with Crippen molar-refractivity contribution in [2.24, 2.45) is 5.92 Å². The van der Waals surface area contributed by atoms with Crippen LogP contribution >= 0.6 is 0 Å². The molecule has 1 aromatic rings. The second-order valence-corrected chi connectivity index (χ2v) is 5.73. The van der Waals surface area contributed by atoms with E-state index in [1.54, 1.807) is 0 Å². The van der Waals surface area contributed by atoms with E-state index in [-0.39, 0.29) is 6.04 Å². The fourth-order valence-corrected chi connectivity index (χ4v) is 2.56. The average molecular weight is 302 g/mol. The number of nitrogens with zero attached hydrogens (tertiary/aromatic N) is 3. The molecule has 2 heterocycles. The molecule has 2 rings (SSSR count). The lowest BCUT2D eigenvalue weighted by molar-refractivity contribution is -0.141. The van der Waals surface area contributed by atoms with Crippen LogP contribution in [-0.4, -0.2) is 35.9 Å². The first-order valence-electron chi connectivity index (χ1n) is 7.26. The molecule has 7 heteroatoms. The Morgan fingerprint density at radius 1 is 1.33 bits per heavy atom. The Kier molecular flexibility index (Phi) is 5.03. The molecule has 0 saturated carbocycles. The molecule has 118 valence electrons. The Morgan fingerprint density at radius 3 is 2.57 bits per heavy atom. The molecule has 1 saturated heterocycles. The highest BCUT2D eigenvalue weighted by atomic mass is 19.4. The van der Waals surface area contributed by atoms with Crippen LogP contribution in [0.3, 0.4) is 0 Å². The van der Waals surface area contributed by atoms with Crippen molar-refractivity contribution >= 4 is 5.82 Å². The van der Waals surface area contributed by atoms with Crippen molar-refractivity contribution in [1.82, 2.24) is 15.5 Å². The van der Waals surface area contributed by atoms with E-state index < -0.39 is 11.9 Å². The second kappa shape index (κ2) is 6.60. The number of aromatic nitrogens is 2. The zero-order valence-corrected chi connectivity index (χ0v) is 12.3. The fourth-order valence-electron chi connectivity index (χ4n) is 2.56. The number of anilines is 1. The predicted octanol–water partition coefficient (Wildman–Crippen LogP) is 2.71. The second-order valence-electron chi connectivity index (χ2n) is 5.73. The van der Waals surface area contributed by atoms with Gasteiger partial charge in [0.2, 0.25) is 0 Å². The van der Waals surface area contributed by atoms with E-state index in [0.29, 0.717) is 11.7 Å². The highest BCUT2D eigenvalue weighted by Gasteiger charge is 2.33. The summed E-state index contributed by atoms with van der Waals surface area (Å²) >= 11 is 0. The fraction of sp³-hybridized carbons (Fsp3) is 0.714. The van der Waals surface area contributed by atoms with Crippen LogP contribution in [0.25, 0.3) is 0 Å². The molecule has 0 aliphatic carbocycles. The van der Waals surface area contributed by atoms with Gasteiger partial charge in [0.15, 0.2) is 11.5 Å². The van der Waals surface area contributed by atoms with Gasteiger partial charge < -0.3 is 10.2 Å². The highest BCUT2D eigenvalue weighted by molar-refractivity contribution is 5.38. The standard InChI is InChI=1S/C14H21F3N4/c1-10(2)21(9-11-4-3-7-18-8-11)13-6-5-12(19-20-13)14(15,16)17/h5-6,10-11,18H,3-4,7-9H2,1-2H3. The molecule has 1 unspecified atom stereocenters. The molecule has 1 aliphatic rings. The largest absolute Gasteiger partial charge is 0.435 e. The van der Waals surface area contributed by atoms with Gasteiger partial charge in [0.1, 0.15) is 0 Å². The van der Waals surface area contributed by atoms with Gasteiger partial charge in [-0.1, -0.05) is 0 Å². The van der Waals surface area contributed by atoms with Crippen molar-refractivity contribution in [3.63, 3.8) is 0 Å². The lowest BCUT2D eigenvalue weighted by atomic mass is 9.98. The quantitative estimate of drug-likeness (QED) is 0.928. The van der Waals surface area contributed by atoms with Crippen LogP contribution in [0.15, 0.2) is 12.1 Å². The summed E-state index contributed by atoms with van der Waals surface area (Å²) in [7, 11) is 0. The van der Waals surface area contributed by atoms with Gasteiger partial charge in [-0.15, -0.1) is 10.2 Å². The number of alkyl halides is 3. The van der Waals surface area contributed by atoms with Crippen molar-refractivity contribution < 1.29 is 13.2 Å². The zero-order valence-electron chi connectivity index (χ0n) is 12.3. The Balaban J connectivity index is 2.10. The van der Waals surface area contributed by atoms with E-state index in [9.17, 15) is 13.2 Å². The SMILES string of the molecule is CC(C)N(CC1CCCNC1)c1ccc(C(F)(F)F)nn1. The van der Waals surface area contributed by atoms with Gasteiger partial charge in [0, 0.05) is 12.6 Å². The van der Waals surface area contributed by atoms with Gasteiger partial charge >= 0.3 is 6.18 Å². The maximum Gasteiger partial charge on any atom is 0.435 e. The number of hydrogen-bond acceptors (Lipinski definition) is 4. The van der Waals surface area contributed by atoms with Crippen molar-refractivity contribution in [2.75, 3.05) is 24.5 Å². The third-order valence-electron chi connectivity index (χ3n) is 3.71. The molecule has 21 heavy (non-hydrogen) atoms. The van der Waals surface area contributed by atoms with Gasteiger partial charge in [-0.05, 0) is 57.8 Å². The normalized spacial score (nSPS) is 19.8. The van der Waals surface area contributed by atoms with E-state index in [1.165, 1.54) is 6.07 Å². The van der Waals surface area contributed by atoms with Gasteiger partial charge in [-0.25, -0.2) is 0 Å². The third kappa shape index (κ3) is 4.30. The first-order valence-corrected chi connectivity index (χ1v) is 7.26. The van der Waals surface area contributed by atoms with E-state index in [0.717, 1.165) is 38.5 Å². The van der Waals surface area contributed by atoms with Crippen molar-refractivity contribution in [2.45, 2.75) is 38.9 Å². The molecule has 0 spiro atoms. The highest BCUT2D eigenvalue weighted by Crippen LogP contribution is 2.28. The Hall–Kier alpha value is -1.37. The minimum absolute atomic E-state index is 0.165. The first kappa shape index (κ1) is 16.0. The summed E-state index contributed by atoms with van der Waals surface area (Å²) < 4.78 is 37.6. The van der Waals surface area contributed by atoms with Crippen LogP contribution in [0.4, 0.5) is 19.0 Å². The molecule has 0 aromatic carbocycles. The summed E-state index contributed by atoms with van der Waals surface area (Å²) in [6, 6.07) is 2.57. The molecule has 1 atom stereocenters. The van der Waals surface area contributed by atoms with Gasteiger partial charge in [-0.3, -0.25) is 0 Å². The van der Waals surface area contributed by atoms with E-state index in [1.807, 2.05) is 18.7 Å². The van der Waals surface area contributed by atoms with Crippen molar-refractivity contribution in [1.29, 1.82) is 0 Å². The molecule has 4 nitrogen and oxygen atoms in total. The predicted molar refractivity (Wildman–Crippen MR) is 75.1 cm³/mol. The third-order valence-corrected chi connectivity index (χ3v) is 3.71. The minimum atomic E-state index is -4.44. The molecule has 1 N–H and O–H groups in total. The molecule has 1 aromatic heterocycles. The summed E-state index contributed by atoms with van der Waals surface area (Å²) in [6.07, 6.45) is -2.18. The minimum Gasteiger partial charge on any atom is -0.352 e. The summed E-state index contributed by atoms with van der Waals surface area (Å²) in [5, 5.41) is 10.4. The number of nitrogens with one attached hydrogen (secondary N) is 1. The topological polar surface area (TPSA) is 41.0 Å². The van der Waals surface area contributed by atoms with Gasteiger partial charge in [0.25, 0.3) is 0 Å². The van der Waals surface area contributed by atoms with Gasteiger partial charge in [0.05, 0.1) is 0 Å². The Bertz CT molecular complexity index is 439. The molecular weight excluding hydrogens is 281 g/mol. The summed E-state index contributed by atoms with van der Waals surface area (Å²) in [4.78, 5) is 2.02. The smallest absolute Gasteiger partial charge is 0.352 e. The van der Waals surface area contributed by atoms with Crippen LogP contribution in [0.5, 0.6) is 0 Å². The van der Waals surface area contributed by atoms with E-state index in [4.69, 9.17) is 0 Å². The van der Waals surface area contributed by atoms with Crippen LogP contribution in [0, 0.1) is 5.92 Å². The number of rotatable bonds is 4. The van der Waals surface area contributed by atoms with Gasteiger partial charge in [-0.2, -0.15) is 13.2 Å². The average Bonchev–Trinajstić information content (AvgIpc) is 2.45. The first-order chi connectivity index (χ1) is 9.88. The molecule has 0 bridgehead atoms. The van der Waals surface area contributed by atoms with E-state index >= 15 is 0 Å². The summed E-state index contributed by atoms with van der Waals surface area (Å²) in [6.45, 7) is 6.78. The number of halogens is 3. The maximum atomic E-state index is 12.5. The molecular formula is C14H21F3N4. The van der Waals surface area contributed by atoms with Crippen molar-refractivity contribution in [3.8, 4) is 0 Å². The van der Waals surface area contributed by atoms with Crippen LogP contribution in [-0.2, 0) is 6.18 Å². The maximum absolute atomic E-state index is 12.5. The van der Waals surface area contributed by atoms with E-state index in [2.05, 4.69) is 15.5 Å². The molecule has 1 aliphatic heterocycles. The zero-order chi connectivity index (χ0) is 15.5. The molecule has 1 fully saturated rings. The summed E-state index contributed by atoms with van der Waals surface area (Å²) in [5.41, 5.74) is -0.950. The monoisotopic (exact) mass is 302 g/mol. The Labute approximate surface area is 122 Å². The molecule has 0 amide bonds. The Morgan fingerprint density at radius 2 is 2.10 bits per heavy atom. The lowest BCUT2D eigenvalue weighted by Gasteiger charge is -2.33.